The lowest BCUT2D eigenvalue weighted by Gasteiger charge is -2.12. The Hall–Kier alpha value is -1.10. The molecule has 0 N–H and O–H groups in total. The lowest BCUT2D eigenvalue weighted by molar-refractivity contribution is -0.167. The van der Waals surface area contributed by atoms with Crippen molar-refractivity contribution in [3.05, 3.63) is 0 Å². The molecule has 0 saturated carbocycles. The van der Waals surface area contributed by atoms with E-state index in [1.165, 1.54) is 0 Å². The van der Waals surface area contributed by atoms with Crippen LogP contribution in [0.15, 0.2) is 0 Å². The summed E-state index contributed by atoms with van der Waals surface area (Å²) in [5.41, 5.74) is 0. The van der Waals surface area contributed by atoms with Crippen LogP contribution < -0.4 is 0 Å². The minimum Gasteiger partial charge on any atom is -0.428 e. The Morgan fingerprint density at radius 1 is 1.06 bits per heavy atom. The highest BCUT2D eigenvalue weighted by molar-refractivity contribution is 5.71. The molecule has 16 heavy (non-hydrogen) atoms. The molecule has 0 aliphatic carbocycles. The molecule has 0 fully saturated rings. The fourth-order valence-corrected chi connectivity index (χ4v) is 0.950. The summed E-state index contributed by atoms with van der Waals surface area (Å²) in [6.07, 6.45) is 1.40. The van der Waals surface area contributed by atoms with Gasteiger partial charge in [-0.1, -0.05) is 13.8 Å². The molecule has 5 heteroatoms. The predicted molar refractivity (Wildman–Crippen MR) is 59.7 cm³/mol. The summed E-state index contributed by atoms with van der Waals surface area (Å²) in [6, 6.07) is 0. The van der Waals surface area contributed by atoms with E-state index in [9.17, 15) is 9.59 Å². The summed E-state index contributed by atoms with van der Waals surface area (Å²) in [5.74, 6) is -0.675. The molecule has 0 aromatic carbocycles. The van der Waals surface area contributed by atoms with Crippen LogP contribution in [0, 0.1) is 0 Å². The van der Waals surface area contributed by atoms with Crippen LogP contribution in [0.5, 0.6) is 0 Å². The van der Waals surface area contributed by atoms with Crippen molar-refractivity contribution >= 4 is 11.9 Å². The summed E-state index contributed by atoms with van der Waals surface area (Å²) < 4.78 is 9.44. The van der Waals surface area contributed by atoms with Gasteiger partial charge >= 0.3 is 11.9 Å². The first kappa shape index (κ1) is 14.9. The molecule has 0 spiro atoms. The fourth-order valence-electron chi connectivity index (χ4n) is 0.950. The predicted octanol–water partition coefficient (Wildman–Crippen LogP) is 1.17. The molecule has 0 aromatic heterocycles. The Kier molecular flexibility index (Phi) is 8.52. The lowest BCUT2D eigenvalue weighted by Crippen LogP contribution is -2.22. The largest absolute Gasteiger partial charge is 0.428 e. The van der Waals surface area contributed by atoms with Crippen molar-refractivity contribution in [3.63, 3.8) is 0 Å². The maximum absolute atomic E-state index is 11.2. The maximum atomic E-state index is 11.2. The average molecular weight is 231 g/mol. The Bertz CT molecular complexity index is 218. The van der Waals surface area contributed by atoms with Gasteiger partial charge in [0, 0.05) is 13.0 Å². The number of rotatable bonds is 8. The van der Waals surface area contributed by atoms with E-state index in [0.717, 1.165) is 13.0 Å². The Labute approximate surface area is 96.7 Å². The summed E-state index contributed by atoms with van der Waals surface area (Å²) in [5, 5.41) is 0. The van der Waals surface area contributed by atoms with Crippen molar-refractivity contribution in [2.45, 2.75) is 33.1 Å². The Morgan fingerprint density at radius 3 is 2.12 bits per heavy atom. The minimum absolute atomic E-state index is 0.270. The summed E-state index contributed by atoms with van der Waals surface area (Å²) in [4.78, 5) is 24.1. The second kappa shape index (κ2) is 9.15. The Morgan fingerprint density at radius 2 is 1.62 bits per heavy atom. The first-order chi connectivity index (χ1) is 7.60. The van der Waals surface area contributed by atoms with Crippen molar-refractivity contribution in [2.75, 3.05) is 26.9 Å². The van der Waals surface area contributed by atoms with Crippen molar-refractivity contribution < 1.29 is 19.1 Å². The van der Waals surface area contributed by atoms with Crippen molar-refractivity contribution in [1.29, 1.82) is 0 Å². The van der Waals surface area contributed by atoms with Crippen LogP contribution in [0.3, 0.4) is 0 Å². The molecule has 0 aliphatic heterocycles. The highest BCUT2D eigenvalue weighted by Gasteiger charge is 2.06. The fraction of sp³-hybridized carbons (Fsp3) is 0.818. The van der Waals surface area contributed by atoms with Crippen LogP contribution in [0.2, 0.25) is 0 Å². The molecule has 0 aliphatic rings. The Balaban J connectivity index is 3.47. The number of carbonyl (C=O) groups excluding carboxylic acids is 2. The SMILES string of the molecule is CCCC(=O)OCOC(=O)CCN(C)CC. The van der Waals surface area contributed by atoms with Crippen LogP contribution in [-0.4, -0.2) is 43.8 Å². The van der Waals surface area contributed by atoms with E-state index in [4.69, 9.17) is 9.47 Å². The number of nitrogens with zero attached hydrogens (tertiary/aromatic N) is 1. The van der Waals surface area contributed by atoms with Gasteiger partial charge in [-0.15, -0.1) is 0 Å². The highest BCUT2D eigenvalue weighted by Crippen LogP contribution is 1.94. The molecular weight excluding hydrogens is 210 g/mol. The molecule has 0 amide bonds. The average Bonchev–Trinajstić information content (AvgIpc) is 2.26. The van der Waals surface area contributed by atoms with Gasteiger partial charge < -0.3 is 14.4 Å². The molecular formula is C11H21NO4. The maximum Gasteiger partial charge on any atom is 0.309 e. The third kappa shape index (κ3) is 8.23. The minimum atomic E-state index is -0.343. The molecule has 94 valence electrons. The van der Waals surface area contributed by atoms with Crippen molar-refractivity contribution in [2.24, 2.45) is 0 Å². The van der Waals surface area contributed by atoms with Gasteiger partial charge in [0.25, 0.3) is 0 Å². The van der Waals surface area contributed by atoms with E-state index in [-0.39, 0.29) is 18.7 Å². The van der Waals surface area contributed by atoms with Crippen LogP contribution in [0.1, 0.15) is 33.1 Å². The molecule has 0 rings (SSSR count). The summed E-state index contributed by atoms with van der Waals surface area (Å²) >= 11 is 0. The smallest absolute Gasteiger partial charge is 0.309 e. The van der Waals surface area contributed by atoms with E-state index in [0.29, 0.717) is 19.4 Å². The first-order valence-electron chi connectivity index (χ1n) is 5.59. The molecule has 0 heterocycles. The van der Waals surface area contributed by atoms with Gasteiger partial charge in [0.2, 0.25) is 6.79 Å². The van der Waals surface area contributed by atoms with Gasteiger partial charge in [-0.2, -0.15) is 0 Å². The number of ether oxygens (including phenoxy) is 2. The second-order valence-electron chi connectivity index (χ2n) is 3.55. The van der Waals surface area contributed by atoms with E-state index in [2.05, 4.69) is 0 Å². The molecule has 5 nitrogen and oxygen atoms in total. The third-order valence-corrected chi connectivity index (χ3v) is 2.13. The van der Waals surface area contributed by atoms with Gasteiger partial charge in [0.05, 0.1) is 6.42 Å². The van der Waals surface area contributed by atoms with Gasteiger partial charge in [0.1, 0.15) is 0 Å². The summed E-state index contributed by atoms with van der Waals surface area (Å²) in [7, 11) is 1.93. The summed E-state index contributed by atoms with van der Waals surface area (Å²) in [6.45, 7) is 5.16. The van der Waals surface area contributed by atoms with E-state index >= 15 is 0 Å². The quantitative estimate of drug-likeness (QED) is 0.463. The van der Waals surface area contributed by atoms with Crippen molar-refractivity contribution in [3.8, 4) is 0 Å². The lowest BCUT2D eigenvalue weighted by atomic mass is 10.3. The molecule has 0 radical (unpaired) electrons. The zero-order valence-electron chi connectivity index (χ0n) is 10.3. The molecule has 0 saturated heterocycles. The van der Waals surface area contributed by atoms with E-state index < -0.39 is 0 Å². The van der Waals surface area contributed by atoms with Crippen LogP contribution in [0.4, 0.5) is 0 Å². The van der Waals surface area contributed by atoms with Gasteiger partial charge in [0.15, 0.2) is 0 Å². The number of hydrogen-bond acceptors (Lipinski definition) is 5. The van der Waals surface area contributed by atoms with Gasteiger partial charge in [-0.05, 0) is 20.0 Å². The number of carbonyl (C=O) groups is 2. The van der Waals surface area contributed by atoms with Gasteiger partial charge in [-0.25, -0.2) is 0 Å². The first-order valence-corrected chi connectivity index (χ1v) is 5.59. The molecule has 0 aromatic rings. The van der Waals surface area contributed by atoms with E-state index in [1.807, 2.05) is 25.8 Å². The third-order valence-electron chi connectivity index (χ3n) is 2.13. The zero-order chi connectivity index (χ0) is 12.4. The zero-order valence-corrected chi connectivity index (χ0v) is 10.3. The van der Waals surface area contributed by atoms with Crippen LogP contribution in [0.25, 0.3) is 0 Å². The topological polar surface area (TPSA) is 55.8 Å². The second-order valence-corrected chi connectivity index (χ2v) is 3.55. The molecule has 0 bridgehead atoms. The van der Waals surface area contributed by atoms with E-state index in [1.54, 1.807) is 0 Å². The molecule has 0 atom stereocenters. The number of hydrogen-bond donors (Lipinski definition) is 0. The number of esters is 2. The molecule has 0 unspecified atom stereocenters. The van der Waals surface area contributed by atoms with Crippen LogP contribution >= 0.6 is 0 Å². The van der Waals surface area contributed by atoms with Crippen molar-refractivity contribution in [1.82, 2.24) is 4.90 Å². The van der Waals surface area contributed by atoms with Crippen LogP contribution in [-0.2, 0) is 19.1 Å². The normalized spacial score (nSPS) is 10.2. The standard InChI is InChI=1S/C11H21NO4/c1-4-6-10(13)15-9-16-11(14)7-8-12(3)5-2/h4-9H2,1-3H3. The highest BCUT2D eigenvalue weighted by atomic mass is 16.7. The monoisotopic (exact) mass is 231 g/mol. The van der Waals surface area contributed by atoms with Gasteiger partial charge in [-0.3, -0.25) is 9.59 Å².